The van der Waals surface area contributed by atoms with Crippen molar-refractivity contribution in [2.45, 2.75) is 155 Å². The Labute approximate surface area is 763 Å². The van der Waals surface area contributed by atoms with Gasteiger partial charge in [-0.05, 0) is 258 Å². The molecule has 38 heteroatoms. The van der Waals surface area contributed by atoms with E-state index in [4.69, 9.17) is 65.1 Å². The number of anilines is 14. The number of nitro groups is 1. The number of nitrogen functional groups attached to an aromatic ring is 1. The second kappa shape index (κ2) is 46.9. The summed E-state index contributed by atoms with van der Waals surface area (Å²) in [6, 6.07) is 42.0. The summed E-state index contributed by atoms with van der Waals surface area (Å²) in [6.07, 6.45) is 19.0. The van der Waals surface area contributed by atoms with Crippen LogP contribution in [-0.2, 0) is 9.59 Å². The average molecular weight is 1910 g/mol. The van der Waals surface area contributed by atoms with Gasteiger partial charge in [-0.1, -0.05) is 31.4 Å². The van der Waals surface area contributed by atoms with Gasteiger partial charge < -0.3 is 86.7 Å². The number of hydrogen-bond donors (Lipinski definition) is 11. The number of allylic oxidation sites excluding steroid dienone is 1. The summed E-state index contributed by atoms with van der Waals surface area (Å²) < 4.78 is 6.08. The Morgan fingerprint density at radius 3 is 1.06 bits per heavy atom. The Kier molecular flexibility index (Phi) is 35.2. The Morgan fingerprint density at radius 2 is 0.773 bits per heavy atom. The molecule has 3 fully saturated rings. The number of aliphatic hydroxyl groups is 3. The molecule has 128 heavy (non-hydrogen) atoms. The van der Waals surface area contributed by atoms with Crippen molar-refractivity contribution in [3.05, 3.63) is 217 Å². The van der Waals surface area contributed by atoms with Gasteiger partial charge in [0.1, 0.15) is 0 Å². The van der Waals surface area contributed by atoms with Crippen LogP contribution in [0.1, 0.15) is 168 Å². The van der Waals surface area contributed by atoms with Crippen molar-refractivity contribution in [2.75, 3.05) is 97.1 Å². The number of piperidine rings is 3. The summed E-state index contributed by atoms with van der Waals surface area (Å²) in [5.41, 5.74) is 16.3. The zero-order chi connectivity index (χ0) is 91.5. The number of nitrogens with two attached hydrogens (primary N) is 1. The molecule has 3 aliphatic heterocycles. The number of non-ortho nitro benzene ring substituents is 1. The third kappa shape index (κ3) is 25.7. The Bertz CT molecular complexity index is 5820. The molecule has 0 saturated carbocycles. The molecule has 0 bridgehead atoms. The summed E-state index contributed by atoms with van der Waals surface area (Å²) in [4.78, 5) is 120. The fourth-order valence-electron chi connectivity index (χ4n) is 14.9. The average Bonchev–Trinajstić information content (AvgIpc) is 1.61. The minimum atomic E-state index is -0.826. The van der Waals surface area contributed by atoms with Crippen molar-refractivity contribution in [3.8, 4) is 0 Å². The van der Waals surface area contributed by atoms with Crippen LogP contribution in [0.25, 0.3) is 33.5 Å². The third-order valence-corrected chi connectivity index (χ3v) is 21.5. The molecule has 34 nitrogen and oxygen atoms in total. The molecule has 2 radical (unpaired) electrons. The van der Waals surface area contributed by atoms with E-state index in [9.17, 15) is 49.4 Å². The number of amides is 4. The Balaban J connectivity index is 0.000000178. The molecular weight excluding hydrogens is 1800 g/mol. The van der Waals surface area contributed by atoms with Crippen molar-refractivity contribution in [2.24, 2.45) is 0 Å². The van der Waals surface area contributed by atoms with Crippen LogP contribution in [0.4, 0.5) is 86.5 Å². The van der Waals surface area contributed by atoms with Crippen molar-refractivity contribution in [1.29, 1.82) is 0 Å². The molecule has 3 atom stereocenters. The number of fused-ring (bicyclic) bond motifs is 3. The summed E-state index contributed by atoms with van der Waals surface area (Å²) in [5.74, 6) is 2.36. The first-order chi connectivity index (χ1) is 61.8. The molecule has 15 rings (SSSR count). The van der Waals surface area contributed by atoms with Crippen LogP contribution in [0.2, 0.25) is 0 Å². The number of rotatable bonds is 28. The molecule has 6 aromatic carbocycles. The van der Waals surface area contributed by atoms with Crippen LogP contribution < -0.4 is 57.7 Å². The van der Waals surface area contributed by atoms with Gasteiger partial charge in [0.2, 0.25) is 29.0 Å². The number of nitro benzene ring substituents is 1. The van der Waals surface area contributed by atoms with Crippen LogP contribution in [0.5, 0.6) is 0 Å². The first kappa shape index (κ1) is 96.2. The van der Waals surface area contributed by atoms with Gasteiger partial charge >= 0.3 is 36.7 Å². The van der Waals surface area contributed by atoms with Crippen LogP contribution >= 0.6 is 29.4 Å². The van der Waals surface area contributed by atoms with Crippen LogP contribution in [0.3, 0.4) is 0 Å². The van der Waals surface area contributed by atoms with Crippen LogP contribution in [0.15, 0.2) is 190 Å². The van der Waals surface area contributed by atoms with Crippen molar-refractivity contribution >= 4 is 197 Å². The SMILES string of the molecule is C=CC(=O)Cl.C=CC(=O)Nc1ccc(C(=O)Nc2cccc(Nc3nc(N4CCCCC4CCO)nc4c3ncn4C(C)C)c2)cc1.CC(C)n1cnc2c(Nc3cccc(NC(=O)c4ccc(N)cc4)c3)nc(N3CCCCC3CCO)nc21.CC(C)n1cnc2c(Nc3cccc(NC(=O)c4ccc([N+](=O)[O-])cc4)c3)nc(N3CCCCC3CCO)nc21.[Cl][Sn][Cl]. The standard InChI is InChI=1S/C31H36N8O3.C28H32N8O4.C28H34N8O2.C3H3ClO.2ClH.Sn/c1-4-26(41)33-22-13-11-21(12-14-22)30(42)35-24-9-7-8-23(18-24)34-28-27-29(39(19-32-27)20(2)3)37-31(36-28)38-16-6-5-10-25(38)15-17-40;1-18(2)35-17-29-24-25(32-28(33-26(24)35)34-14-4-3-8-22(34)13-15-37)30-20-6-5-7-21(16-20)31-27(38)19-9-11-23(12-10-19)36(39)40;1-18(2)36-17-30-24-25(33-28(34-26(24)36)35-14-4-3-8-23(35)13-15-37)31-21-6-5-7-22(16-21)32-27(38)19-9-11-20(29)12-10-19;1-2-3(4)5;;;/h4,7-9,11-14,18-20,25,40H,1,5-6,10,15-17H2,2-3H3,(H,33,41)(H,35,42)(H,34,36,37);5-7,9-12,16-18,22,37H,3-4,8,13-15H2,1-2H3,(H,31,38)(H,30,32,33);5-7,9-12,16-18,23,37H,3-4,8,13-15,29H2,1-2H3,(H,32,38)(H,31,33,34);2H,1H2;2*1H;/q;;;;;;+2/p-2. The van der Waals surface area contributed by atoms with E-state index < -0.39 is 29.1 Å². The molecule has 670 valence electrons. The van der Waals surface area contributed by atoms with Gasteiger partial charge in [-0.25, -0.2) is 15.0 Å². The van der Waals surface area contributed by atoms with Gasteiger partial charge in [-0.2, -0.15) is 29.9 Å². The second-order valence-corrected chi connectivity index (χ2v) is 35.8. The first-order valence-corrected chi connectivity index (χ1v) is 49.7. The van der Waals surface area contributed by atoms with Gasteiger partial charge in [0.25, 0.3) is 23.4 Å². The number of imidazole rings is 3. The summed E-state index contributed by atoms with van der Waals surface area (Å²) >= 11 is 3.88. The van der Waals surface area contributed by atoms with E-state index in [-0.39, 0.29) is 85.4 Å². The number of carbonyl (C=O) groups is 5. The Hall–Kier alpha value is -12.5. The minimum absolute atomic E-state index is 0.0783. The van der Waals surface area contributed by atoms with Gasteiger partial charge in [0.05, 0.1) is 23.9 Å². The number of aromatic nitrogens is 12. The van der Waals surface area contributed by atoms with E-state index in [1.54, 1.807) is 79.6 Å². The van der Waals surface area contributed by atoms with E-state index in [2.05, 4.69) is 122 Å². The molecule has 6 aromatic heterocycles. The van der Waals surface area contributed by atoms with Crippen LogP contribution in [-0.4, -0.2) is 184 Å². The topological polar surface area (TPSA) is 440 Å². The predicted octanol–water partition coefficient (Wildman–Crippen LogP) is 17.0. The number of carbonyl (C=O) groups excluding carboxylic acids is 5. The monoisotopic (exact) mass is 1910 g/mol. The van der Waals surface area contributed by atoms with Gasteiger partial charge in [0, 0.05) is 150 Å². The van der Waals surface area contributed by atoms with Crippen LogP contribution in [0, 0.1) is 10.1 Å². The fraction of sp³-hybridized carbons (Fsp3) is 0.333. The van der Waals surface area contributed by atoms with Crippen molar-refractivity contribution in [1.82, 2.24) is 58.6 Å². The van der Waals surface area contributed by atoms with Crippen molar-refractivity contribution in [3.63, 3.8) is 0 Å². The van der Waals surface area contributed by atoms with E-state index in [0.29, 0.717) is 122 Å². The molecular formula is C90H105Cl3N24O10Sn. The normalized spacial score (nSPS) is 14.8. The maximum atomic E-state index is 12.9. The van der Waals surface area contributed by atoms with E-state index in [1.165, 1.54) is 30.3 Å². The number of nitrogens with zero attached hydrogens (tertiary/aromatic N) is 16. The number of nitrogens with one attached hydrogen (secondary N) is 7. The fourth-order valence-corrected chi connectivity index (χ4v) is 14.9. The summed E-state index contributed by atoms with van der Waals surface area (Å²) in [5, 5.41) is 60.9. The molecule has 12 N–H and O–H groups in total. The molecule has 12 aromatic rings. The molecule has 3 aliphatic rings. The Morgan fingerprint density at radius 1 is 0.469 bits per heavy atom. The van der Waals surface area contributed by atoms with E-state index >= 15 is 0 Å². The number of hydrogen-bond acceptors (Lipinski definition) is 26. The molecule has 3 unspecified atom stereocenters. The van der Waals surface area contributed by atoms with Gasteiger partial charge in [0.15, 0.2) is 50.9 Å². The number of halogens is 3. The van der Waals surface area contributed by atoms with E-state index in [0.717, 1.165) is 112 Å². The summed E-state index contributed by atoms with van der Waals surface area (Å²) in [7, 11) is 9.87. The quantitative estimate of drug-likeness (QED) is 0.00542. The van der Waals surface area contributed by atoms with Crippen molar-refractivity contribution < 1.29 is 44.2 Å². The second-order valence-electron chi connectivity index (χ2n) is 31.2. The van der Waals surface area contributed by atoms with Gasteiger partial charge in [-0.15, -0.1) is 0 Å². The zero-order valence-corrected chi connectivity index (χ0v) is 77.0. The number of aliphatic hydroxyl groups excluding tert-OH is 3. The van der Waals surface area contributed by atoms with Gasteiger partial charge in [-0.3, -0.25) is 34.1 Å². The third-order valence-electron chi connectivity index (χ3n) is 21.4. The molecule has 3 saturated heterocycles. The number of benzene rings is 6. The molecule has 4 amide bonds. The first-order valence-electron chi connectivity index (χ1n) is 42.1. The predicted molar refractivity (Wildman–Crippen MR) is 508 cm³/mol. The molecule has 0 aliphatic carbocycles. The molecule has 0 spiro atoms. The zero-order valence-electron chi connectivity index (χ0n) is 71.9. The maximum absolute atomic E-state index is 12.9. The van der Waals surface area contributed by atoms with E-state index in [1.807, 2.05) is 74.4 Å². The summed E-state index contributed by atoms with van der Waals surface area (Å²) in [6.45, 7) is 21.9. The molecule has 9 heterocycles.